The van der Waals surface area contributed by atoms with Gasteiger partial charge in [0.2, 0.25) is 0 Å². The molecule has 0 bridgehead atoms. The molecule has 19 heavy (non-hydrogen) atoms. The van der Waals surface area contributed by atoms with Crippen molar-refractivity contribution < 1.29 is 19.1 Å². The average molecular weight is 270 g/mol. The van der Waals surface area contributed by atoms with Gasteiger partial charge < -0.3 is 9.47 Å². The maximum atomic E-state index is 12.2. The number of hydrogen-bond acceptors (Lipinski definition) is 4. The third-order valence-electron chi connectivity index (χ3n) is 2.69. The fourth-order valence-corrected chi connectivity index (χ4v) is 1.78. The zero-order valence-corrected chi connectivity index (χ0v) is 12.7. The van der Waals surface area contributed by atoms with Crippen molar-refractivity contribution in [3.8, 4) is 0 Å². The Morgan fingerprint density at radius 3 is 1.84 bits per heavy atom. The normalized spacial score (nSPS) is 11.9. The molecule has 0 aromatic carbocycles. The molecule has 0 heterocycles. The molecule has 0 amide bonds. The molecule has 0 saturated carbocycles. The maximum Gasteiger partial charge on any atom is 0.327 e. The van der Waals surface area contributed by atoms with Crippen LogP contribution in [0.3, 0.4) is 0 Å². The highest BCUT2D eigenvalue weighted by atomic mass is 16.6. The van der Waals surface area contributed by atoms with Crippen molar-refractivity contribution in [1.29, 1.82) is 0 Å². The summed E-state index contributed by atoms with van der Waals surface area (Å²) in [6, 6.07) is 0. The molecule has 0 spiro atoms. The summed E-state index contributed by atoms with van der Waals surface area (Å²) in [5, 5.41) is 0. The van der Waals surface area contributed by atoms with E-state index in [4.69, 9.17) is 9.47 Å². The van der Waals surface area contributed by atoms with E-state index in [2.05, 4.69) is 0 Å². The zero-order valence-electron chi connectivity index (χ0n) is 12.7. The molecular weight excluding hydrogens is 244 g/mol. The van der Waals surface area contributed by atoms with Gasteiger partial charge in [0.15, 0.2) is 5.41 Å². The molecule has 0 atom stereocenters. The molecule has 0 saturated heterocycles. The first kappa shape index (κ1) is 17.7. The van der Waals surface area contributed by atoms with Gasteiger partial charge >= 0.3 is 11.9 Å². The molecule has 0 aromatic heterocycles. The Labute approximate surface area is 116 Å². The van der Waals surface area contributed by atoms with E-state index >= 15 is 0 Å². The van der Waals surface area contributed by atoms with Gasteiger partial charge in [0, 0.05) is 0 Å². The van der Waals surface area contributed by atoms with Gasteiger partial charge in [-0.15, -0.1) is 0 Å². The fourth-order valence-electron chi connectivity index (χ4n) is 1.78. The van der Waals surface area contributed by atoms with Gasteiger partial charge in [0.1, 0.15) is 0 Å². The minimum absolute atomic E-state index is 0.249. The summed E-state index contributed by atoms with van der Waals surface area (Å²) in [5.74, 6) is -0.792. The van der Waals surface area contributed by atoms with Gasteiger partial charge in [-0.2, -0.15) is 0 Å². The van der Waals surface area contributed by atoms with Crippen LogP contribution in [-0.4, -0.2) is 25.2 Å². The number of carbonyl (C=O) groups is 2. The van der Waals surface area contributed by atoms with Crippen LogP contribution < -0.4 is 0 Å². The number of ether oxygens (including phenoxy) is 2. The van der Waals surface area contributed by atoms with Crippen LogP contribution in [0.4, 0.5) is 0 Å². The second kappa shape index (κ2) is 8.73. The van der Waals surface area contributed by atoms with Crippen molar-refractivity contribution in [3.05, 3.63) is 12.2 Å². The van der Waals surface area contributed by atoms with E-state index in [-0.39, 0.29) is 19.1 Å². The van der Waals surface area contributed by atoms with Gasteiger partial charge in [-0.25, -0.2) is 0 Å². The minimum Gasteiger partial charge on any atom is -0.465 e. The van der Waals surface area contributed by atoms with E-state index in [1.807, 2.05) is 26.8 Å². The topological polar surface area (TPSA) is 52.6 Å². The molecule has 0 aliphatic carbocycles. The monoisotopic (exact) mass is 270 g/mol. The highest BCUT2D eigenvalue weighted by Gasteiger charge is 2.45. The molecule has 0 fully saturated rings. The van der Waals surface area contributed by atoms with E-state index in [0.29, 0.717) is 12.8 Å². The SMILES string of the molecule is CCCC(C=CC(C)C)(C(=O)OCC)C(=O)OCC. The van der Waals surface area contributed by atoms with Gasteiger partial charge in [0.05, 0.1) is 13.2 Å². The van der Waals surface area contributed by atoms with Crippen LogP contribution >= 0.6 is 0 Å². The first-order chi connectivity index (χ1) is 8.94. The first-order valence-corrected chi connectivity index (χ1v) is 6.98. The lowest BCUT2D eigenvalue weighted by Crippen LogP contribution is -2.40. The summed E-state index contributed by atoms with van der Waals surface area (Å²) in [7, 11) is 0. The summed E-state index contributed by atoms with van der Waals surface area (Å²) in [5.41, 5.74) is -1.30. The minimum atomic E-state index is -1.30. The lowest BCUT2D eigenvalue weighted by molar-refractivity contribution is -0.168. The summed E-state index contributed by atoms with van der Waals surface area (Å²) >= 11 is 0. The van der Waals surface area contributed by atoms with Crippen molar-refractivity contribution in [2.45, 2.75) is 47.5 Å². The van der Waals surface area contributed by atoms with Gasteiger partial charge in [-0.3, -0.25) is 9.59 Å². The number of hydrogen-bond donors (Lipinski definition) is 0. The molecule has 0 unspecified atom stereocenters. The molecule has 0 rings (SSSR count). The molecular formula is C15H26O4. The van der Waals surface area contributed by atoms with E-state index in [1.54, 1.807) is 19.9 Å². The lowest BCUT2D eigenvalue weighted by atomic mass is 9.82. The Morgan fingerprint density at radius 1 is 1.05 bits per heavy atom. The molecule has 0 radical (unpaired) electrons. The van der Waals surface area contributed by atoms with E-state index in [9.17, 15) is 9.59 Å². The quantitative estimate of drug-likeness (QED) is 0.386. The average Bonchev–Trinajstić information content (AvgIpc) is 2.34. The smallest absolute Gasteiger partial charge is 0.327 e. The van der Waals surface area contributed by atoms with Gasteiger partial charge in [-0.1, -0.05) is 39.3 Å². The molecule has 0 aromatic rings. The maximum absolute atomic E-state index is 12.2. The van der Waals surface area contributed by atoms with E-state index in [0.717, 1.165) is 0 Å². The standard InChI is InChI=1S/C15H26O4/c1-6-10-15(11-9-12(4)5,13(16)18-7-2)14(17)19-8-3/h9,11-12H,6-8,10H2,1-5H3. The van der Waals surface area contributed by atoms with E-state index < -0.39 is 17.4 Å². The van der Waals surface area contributed by atoms with Crippen LogP contribution in [0.1, 0.15) is 47.5 Å². The number of esters is 2. The Kier molecular flexibility index (Phi) is 8.12. The summed E-state index contributed by atoms with van der Waals surface area (Å²) < 4.78 is 10.1. The van der Waals surface area contributed by atoms with Crippen LogP contribution in [0.5, 0.6) is 0 Å². The van der Waals surface area contributed by atoms with Gasteiger partial charge in [0.25, 0.3) is 0 Å². The van der Waals surface area contributed by atoms with Crippen LogP contribution in [0, 0.1) is 11.3 Å². The van der Waals surface area contributed by atoms with Crippen molar-refractivity contribution in [1.82, 2.24) is 0 Å². The fraction of sp³-hybridized carbons (Fsp3) is 0.733. The van der Waals surface area contributed by atoms with Crippen molar-refractivity contribution >= 4 is 11.9 Å². The van der Waals surface area contributed by atoms with Crippen LogP contribution in [-0.2, 0) is 19.1 Å². The first-order valence-electron chi connectivity index (χ1n) is 6.98. The summed E-state index contributed by atoms with van der Waals surface area (Å²) in [6.45, 7) is 9.86. The molecule has 0 aliphatic heterocycles. The second-order valence-corrected chi connectivity index (χ2v) is 4.77. The Morgan fingerprint density at radius 2 is 1.53 bits per heavy atom. The number of rotatable bonds is 8. The van der Waals surface area contributed by atoms with Crippen LogP contribution in [0.2, 0.25) is 0 Å². The van der Waals surface area contributed by atoms with Crippen LogP contribution in [0.15, 0.2) is 12.2 Å². The lowest BCUT2D eigenvalue weighted by Gasteiger charge is -2.26. The highest BCUT2D eigenvalue weighted by Crippen LogP contribution is 2.30. The van der Waals surface area contributed by atoms with Crippen LogP contribution in [0.25, 0.3) is 0 Å². The Bertz CT molecular complexity index is 300. The van der Waals surface area contributed by atoms with Crippen molar-refractivity contribution in [3.63, 3.8) is 0 Å². The molecule has 0 N–H and O–H groups in total. The predicted molar refractivity (Wildman–Crippen MR) is 74.6 cm³/mol. The molecule has 4 heteroatoms. The summed E-state index contributed by atoms with van der Waals surface area (Å²) in [4.78, 5) is 24.4. The number of allylic oxidation sites excluding steroid dienone is 1. The zero-order chi connectivity index (χ0) is 14.9. The molecule has 4 nitrogen and oxygen atoms in total. The third-order valence-corrected chi connectivity index (χ3v) is 2.69. The van der Waals surface area contributed by atoms with Crippen molar-refractivity contribution in [2.24, 2.45) is 11.3 Å². The highest BCUT2D eigenvalue weighted by molar-refractivity contribution is 6.02. The Hall–Kier alpha value is -1.32. The van der Waals surface area contributed by atoms with Crippen molar-refractivity contribution in [2.75, 3.05) is 13.2 Å². The largest absolute Gasteiger partial charge is 0.465 e. The molecule has 110 valence electrons. The van der Waals surface area contributed by atoms with Gasteiger partial charge in [-0.05, 0) is 26.2 Å². The Balaban J connectivity index is 5.45. The second-order valence-electron chi connectivity index (χ2n) is 4.77. The number of carbonyl (C=O) groups excluding carboxylic acids is 2. The third kappa shape index (κ3) is 5.05. The van der Waals surface area contributed by atoms with E-state index in [1.165, 1.54) is 0 Å². The summed E-state index contributed by atoms with van der Waals surface area (Å²) in [6.07, 6.45) is 4.59. The molecule has 0 aliphatic rings. The predicted octanol–water partition coefficient (Wildman–Crippen LogP) is 3.11.